The molecule has 21 heavy (non-hydrogen) atoms. The maximum absolute atomic E-state index is 12.2. The van der Waals surface area contributed by atoms with Gasteiger partial charge in [-0.05, 0) is 25.1 Å². The molecule has 0 aliphatic heterocycles. The van der Waals surface area contributed by atoms with Crippen LogP contribution in [-0.4, -0.2) is 21.8 Å². The monoisotopic (exact) mass is 303 g/mol. The molecule has 0 saturated heterocycles. The number of benzene rings is 1. The summed E-state index contributed by atoms with van der Waals surface area (Å²) in [5.41, 5.74) is 0.984. The van der Waals surface area contributed by atoms with E-state index >= 15 is 0 Å². The van der Waals surface area contributed by atoms with Gasteiger partial charge in [0, 0.05) is 28.2 Å². The zero-order valence-electron chi connectivity index (χ0n) is 10.9. The summed E-state index contributed by atoms with van der Waals surface area (Å²) in [6.07, 6.45) is 1.48. The number of ketones is 1. The summed E-state index contributed by atoms with van der Waals surface area (Å²) in [6, 6.07) is 6.60. The van der Waals surface area contributed by atoms with Crippen LogP contribution in [0.15, 0.2) is 35.0 Å². The number of amides is 1. The highest BCUT2D eigenvalue weighted by atomic mass is 35.5. The second-order valence-electron chi connectivity index (χ2n) is 4.50. The molecule has 0 bridgehead atoms. The zero-order valence-corrected chi connectivity index (χ0v) is 11.7. The molecule has 0 unspecified atom stereocenters. The van der Waals surface area contributed by atoms with E-state index in [-0.39, 0.29) is 11.4 Å². The van der Waals surface area contributed by atoms with Crippen molar-refractivity contribution < 1.29 is 14.1 Å². The van der Waals surface area contributed by atoms with E-state index in [1.165, 1.54) is 12.3 Å². The van der Waals surface area contributed by atoms with E-state index in [9.17, 15) is 9.59 Å². The number of aromatic nitrogens is 2. The Morgan fingerprint density at radius 1 is 1.33 bits per heavy atom. The minimum Gasteiger partial charge on any atom is -0.360 e. The highest BCUT2D eigenvalue weighted by Gasteiger charge is 2.21. The number of halogens is 1. The number of H-pyrrole nitrogens is 1. The van der Waals surface area contributed by atoms with E-state index in [0.29, 0.717) is 16.2 Å². The summed E-state index contributed by atoms with van der Waals surface area (Å²) in [7, 11) is 0. The highest BCUT2D eigenvalue weighted by Crippen LogP contribution is 2.23. The number of anilines is 1. The van der Waals surface area contributed by atoms with Crippen LogP contribution in [0.5, 0.6) is 0 Å². The van der Waals surface area contributed by atoms with Crippen molar-refractivity contribution in [3.05, 3.63) is 46.8 Å². The number of aryl methyl sites for hydroxylation is 1. The molecule has 1 amide bonds. The fourth-order valence-electron chi connectivity index (χ4n) is 2.00. The van der Waals surface area contributed by atoms with Crippen molar-refractivity contribution >= 4 is 40.0 Å². The van der Waals surface area contributed by atoms with Gasteiger partial charge in [0.15, 0.2) is 5.82 Å². The summed E-state index contributed by atoms with van der Waals surface area (Å²) >= 11 is 5.92. The third-order valence-electron chi connectivity index (χ3n) is 2.96. The van der Waals surface area contributed by atoms with Crippen LogP contribution in [0, 0.1) is 6.92 Å². The molecule has 0 spiro atoms. The van der Waals surface area contributed by atoms with Crippen LogP contribution < -0.4 is 5.32 Å². The second-order valence-corrected chi connectivity index (χ2v) is 4.93. The van der Waals surface area contributed by atoms with Crippen molar-refractivity contribution in [1.29, 1.82) is 0 Å². The van der Waals surface area contributed by atoms with Crippen molar-refractivity contribution in [1.82, 2.24) is 10.1 Å². The minimum absolute atomic E-state index is 0.198. The van der Waals surface area contributed by atoms with E-state index < -0.39 is 11.7 Å². The Balaban J connectivity index is 1.89. The van der Waals surface area contributed by atoms with E-state index in [0.717, 1.165) is 5.52 Å². The summed E-state index contributed by atoms with van der Waals surface area (Å²) in [5, 5.41) is 7.08. The molecule has 0 fully saturated rings. The topological polar surface area (TPSA) is 88.0 Å². The van der Waals surface area contributed by atoms with Gasteiger partial charge in [0.2, 0.25) is 0 Å². The van der Waals surface area contributed by atoms with Crippen LogP contribution in [0.2, 0.25) is 5.02 Å². The van der Waals surface area contributed by atoms with Crippen LogP contribution in [0.25, 0.3) is 10.9 Å². The number of carbonyl (C=O) groups is 2. The number of fused-ring (bicyclic) bond motifs is 1. The first-order valence-corrected chi connectivity index (χ1v) is 6.48. The average molecular weight is 304 g/mol. The van der Waals surface area contributed by atoms with Crippen molar-refractivity contribution in [3.63, 3.8) is 0 Å². The van der Waals surface area contributed by atoms with E-state index in [2.05, 4.69) is 15.5 Å². The third-order valence-corrected chi connectivity index (χ3v) is 3.20. The smallest absolute Gasteiger partial charge is 0.298 e. The van der Waals surface area contributed by atoms with E-state index in [1.807, 2.05) is 0 Å². The van der Waals surface area contributed by atoms with Gasteiger partial charge in [0.25, 0.3) is 11.7 Å². The zero-order chi connectivity index (χ0) is 15.0. The first-order valence-electron chi connectivity index (χ1n) is 6.10. The summed E-state index contributed by atoms with van der Waals surface area (Å²) in [5.74, 6) is -0.728. The van der Waals surface area contributed by atoms with E-state index in [4.69, 9.17) is 16.1 Å². The number of nitrogens with zero attached hydrogens (tertiary/aromatic N) is 1. The number of aromatic amines is 1. The van der Waals surface area contributed by atoms with Gasteiger partial charge in [-0.1, -0.05) is 16.8 Å². The Labute approximate surface area is 124 Å². The average Bonchev–Trinajstić information content (AvgIpc) is 3.04. The summed E-state index contributed by atoms with van der Waals surface area (Å²) in [4.78, 5) is 27.1. The van der Waals surface area contributed by atoms with Gasteiger partial charge in [-0.25, -0.2) is 0 Å². The molecule has 2 heterocycles. The van der Waals surface area contributed by atoms with Crippen molar-refractivity contribution in [2.75, 3.05) is 5.32 Å². The number of hydrogen-bond acceptors (Lipinski definition) is 4. The number of carbonyl (C=O) groups excluding carboxylic acids is 2. The number of Topliss-reactive ketones (excluding diaryl/α,β-unsaturated/α-hetero) is 1. The van der Waals surface area contributed by atoms with Gasteiger partial charge >= 0.3 is 0 Å². The molecule has 0 saturated carbocycles. The Morgan fingerprint density at radius 3 is 2.86 bits per heavy atom. The molecule has 1 aromatic carbocycles. The number of hydrogen-bond donors (Lipinski definition) is 2. The van der Waals surface area contributed by atoms with Gasteiger partial charge in [0.1, 0.15) is 5.76 Å². The van der Waals surface area contributed by atoms with Crippen LogP contribution in [0.3, 0.4) is 0 Å². The molecule has 7 heteroatoms. The Hall–Kier alpha value is -2.60. The van der Waals surface area contributed by atoms with Crippen LogP contribution in [0.4, 0.5) is 5.82 Å². The second kappa shape index (κ2) is 5.06. The largest absolute Gasteiger partial charge is 0.360 e. The third kappa shape index (κ3) is 2.53. The lowest BCUT2D eigenvalue weighted by atomic mass is 10.1. The van der Waals surface area contributed by atoms with Crippen LogP contribution in [0.1, 0.15) is 16.1 Å². The normalized spacial score (nSPS) is 10.8. The molecule has 6 nitrogen and oxygen atoms in total. The molecule has 0 aliphatic rings. The van der Waals surface area contributed by atoms with Gasteiger partial charge in [-0.2, -0.15) is 0 Å². The minimum atomic E-state index is -0.788. The molecule has 2 aromatic heterocycles. The fraction of sp³-hybridized carbons (Fsp3) is 0.0714. The standard InChI is InChI=1S/C14H10ClN3O3/c1-7-4-12(18-21-7)17-14(20)13(19)10-6-16-11-3-2-8(15)5-9(10)11/h2-6,16H,1H3,(H,17,18,20). The van der Waals surface area contributed by atoms with Gasteiger partial charge in [0.05, 0.1) is 5.56 Å². The summed E-state index contributed by atoms with van der Waals surface area (Å²) in [6.45, 7) is 1.69. The highest BCUT2D eigenvalue weighted by molar-refractivity contribution is 6.48. The molecule has 0 radical (unpaired) electrons. The Kier molecular flexibility index (Phi) is 3.23. The fourth-order valence-corrected chi connectivity index (χ4v) is 2.17. The van der Waals surface area contributed by atoms with Gasteiger partial charge in [-0.15, -0.1) is 0 Å². The van der Waals surface area contributed by atoms with Crippen molar-refractivity contribution in [3.8, 4) is 0 Å². The number of rotatable bonds is 3. The molecular weight excluding hydrogens is 294 g/mol. The maximum atomic E-state index is 12.2. The molecule has 3 rings (SSSR count). The SMILES string of the molecule is Cc1cc(NC(=O)C(=O)c2c[nH]c3ccc(Cl)cc23)no1. The Morgan fingerprint density at radius 2 is 2.14 bits per heavy atom. The Bertz CT molecular complexity index is 850. The lowest BCUT2D eigenvalue weighted by Gasteiger charge is -2.00. The number of nitrogens with one attached hydrogen (secondary N) is 2. The predicted molar refractivity (Wildman–Crippen MR) is 77.5 cm³/mol. The lowest BCUT2D eigenvalue weighted by molar-refractivity contribution is -0.112. The summed E-state index contributed by atoms with van der Waals surface area (Å²) < 4.78 is 4.82. The lowest BCUT2D eigenvalue weighted by Crippen LogP contribution is -2.22. The molecule has 106 valence electrons. The first kappa shape index (κ1) is 13.4. The van der Waals surface area contributed by atoms with Gasteiger partial charge in [-0.3, -0.25) is 9.59 Å². The predicted octanol–water partition coefficient (Wildman–Crippen LogP) is 2.94. The van der Waals surface area contributed by atoms with E-state index in [1.54, 1.807) is 25.1 Å². The quantitative estimate of drug-likeness (QED) is 0.575. The molecule has 0 aliphatic carbocycles. The van der Waals surface area contributed by atoms with Crippen molar-refractivity contribution in [2.45, 2.75) is 6.92 Å². The molecule has 2 N–H and O–H groups in total. The molecular formula is C14H10ClN3O3. The first-order chi connectivity index (χ1) is 10.0. The van der Waals surface area contributed by atoms with Gasteiger partial charge < -0.3 is 14.8 Å². The van der Waals surface area contributed by atoms with Crippen molar-refractivity contribution in [2.24, 2.45) is 0 Å². The molecule has 3 aromatic rings. The maximum Gasteiger partial charge on any atom is 0.298 e. The molecule has 0 atom stereocenters. The van der Waals surface area contributed by atoms with Crippen LogP contribution in [-0.2, 0) is 4.79 Å². The van der Waals surface area contributed by atoms with Crippen LogP contribution >= 0.6 is 11.6 Å².